The van der Waals surface area contributed by atoms with Gasteiger partial charge in [-0.15, -0.1) is 0 Å². The topological polar surface area (TPSA) is 36.4 Å². The molecule has 3 nitrogen and oxygen atoms in total. The first-order valence-electron chi connectivity index (χ1n) is 7.17. The van der Waals surface area contributed by atoms with E-state index in [9.17, 15) is 5.11 Å². The largest absolute Gasteiger partial charge is 0.396 e. The van der Waals surface area contributed by atoms with Gasteiger partial charge in [0, 0.05) is 32.1 Å². The minimum Gasteiger partial charge on any atom is -0.396 e. The van der Waals surface area contributed by atoms with Gasteiger partial charge < -0.3 is 5.11 Å². The molecule has 1 N–H and O–H groups in total. The number of hydrogen-bond donors (Lipinski definition) is 1. The quantitative estimate of drug-likeness (QED) is 0.926. The zero-order valence-electron chi connectivity index (χ0n) is 11.6. The standard InChI is InChI=1S/C17H20N2O/c20-13-15-6-9-19(12-15)11-14-2-1-3-17(10-14)16-4-7-18-8-5-16/h1-5,7-8,10,15,20H,6,9,11-13H2. The molecule has 3 heteroatoms. The second-order valence-corrected chi connectivity index (χ2v) is 5.51. The maximum atomic E-state index is 9.21. The summed E-state index contributed by atoms with van der Waals surface area (Å²) in [6.07, 6.45) is 4.77. The van der Waals surface area contributed by atoms with E-state index < -0.39 is 0 Å². The van der Waals surface area contributed by atoms with Gasteiger partial charge in [0.25, 0.3) is 0 Å². The highest BCUT2D eigenvalue weighted by molar-refractivity contribution is 5.63. The Kier molecular flexibility index (Phi) is 4.09. The van der Waals surface area contributed by atoms with E-state index >= 15 is 0 Å². The number of hydrogen-bond acceptors (Lipinski definition) is 3. The van der Waals surface area contributed by atoms with Crippen molar-refractivity contribution in [3.05, 3.63) is 54.4 Å². The van der Waals surface area contributed by atoms with E-state index in [1.54, 1.807) is 0 Å². The van der Waals surface area contributed by atoms with Gasteiger partial charge in [0.2, 0.25) is 0 Å². The van der Waals surface area contributed by atoms with E-state index in [4.69, 9.17) is 0 Å². The molecule has 1 aromatic heterocycles. The van der Waals surface area contributed by atoms with Crippen LogP contribution in [0.5, 0.6) is 0 Å². The molecule has 0 amide bonds. The number of aliphatic hydroxyl groups is 1. The van der Waals surface area contributed by atoms with Crippen molar-refractivity contribution < 1.29 is 5.11 Å². The summed E-state index contributed by atoms with van der Waals surface area (Å²) < 4.78 is 0. The maximum Gasteiger partial charge on any atom is 0.0471 e. The molecule has 1 aliphatic heterocycles. The minimum absolute atomic E-state index is 0.313. The molecule has 2 aromatic rings. The SMILES string of the molecule is OCC1CCN(Cc2cccc(-c3ccncc3)c2)C1. The van der Waals surface area contributed by atoms with E-state index in [1.165, 1.54) is 16.7 Å². The third kappa shape index (κ3) is 3.06. The van der Waals surface area contributed by atoms with Crippen LogP contribution in [0.1, 0.15) is 12.0 Å². The Morgan fingerprint density at radius 3 is 2.75 bits per heavy atom. The minimum atomic E-state index is 0.313. The Morgan fingerprint density at radius 2 is 2.00 bits per heavy atom. The lowest BCUT2D eigenvalue weighted by Gasteiger charge is -2.16. The van der Waals surface area contributed by atoms with E-state index in [-0.39, 0.29) is 0 Å². The molecule has 1 fully saturated rings. The van der Waals surface area contributed by atoms with Gasteiger partial charge >= 0.3 is 0 Å². The van der Waals surface area contributed by atoms with Crippen LogP contribution in [0.4, 0.5) is 0 Å². The van der Waals surface area contributed by atoms with Crippen LogP contribution in [0.3, 0.4) is 0 Å². The van der Waals surface area contributed by atoms with Crippen LogP contribution in [-0.2, 0) is 6.54 Å². The average molecular weight is 268 g/mol. The Morgan fingerprint density at radius 1 is 1.15 bits per heavy atom. The first kappa shape index (κ1) is 13.3. The highest BCUT2D eigenvalue weighted by atomic mass is 16.3. The zero-order valence-corrected chi connectivity index (χ0v) is 11.6. The van der Waals surface area contributed by atoms with Crippen LogP contribution in [-0.4, -0.2) is 34.7 Å². The molecular formula is C17H20N2O. The summed E-state index contributed by atoms with van der Waals surface area (Å²) in [5, 5.41) is 9.21. The van der Waals surface area contributed by atoms with Gasteiger partial charge in [-0.1, -0.05) is 18.2 Å². The second kappa shape index (κ2) is 6.16. The predicted molar refractivity (Wildman–Crippen MR) is 80.1 cm³/mol. The van der Waals surface area contributed by atoms with Crippen molar-refractivity contribution in [1.82, 2.24) is 9.88 Å². The summed E-state index contributed by atoms with van der Waals surface area (Å²) in [4.78, 5) is 6.49. The fourth-order valence-electron chi connectivity index (χ4n) is 2.86. The highest BCUT2D eigenvalue weighted by Crippen LogP contribution is 2.22. The summed E-state index contributed by atoms with van der Waals surface area (Å²) in [5.74, 6) is 0.457. The van der Waals surface area contributed by atoms with Crippen molar-refractivity contribution >= 4 is 0 Å². The van der Waals surface area contributed by atoms with Crippen LogP contribution >= 0.6 is 0 Å². The third-order valence-corrected chi connectivity index (χ3v) is 3.97. The van der Waals surface area contributed by atoms with Gasteiger partial charge in [0.15, 0.2) is 0 Å². The molecular weight excluding hydrogens is 248 g/mol. The fraction of sp³-hybridized carbons (Fsp3) is 0.353. The number of likely N-dealkylation sites (tertiary alicyclic amines) is 1. The van der Waals surface area contributed by atoms with Crippen molar-refractivity contribution in [3.8, 4) is 11.1 Å². The first-order chi connectivity index (χ1) is 9.85. The first-order valence-corrected chi connectivity index (χ1v) is 7.17. The number of aromatic nitrogens is 1. The van der Waals surface area contributed by atoms with E-state index in [0.29, 0.717) is 12.5 Å². The molecule has 1 aromatic carbocycles. The predicted octanol–water partition coefficient (Wildman–Crippen LogP) is 2.56. The molecule has 1 atom stereocenters. The van der Waals surface area contributed by atoms with E-state index in [2.05, 4.69) is 34.1 Å². The molecule has 1 saturated heterocycles. The maximum absolute atomic E-state index is 9.21. The molecule has 0 bridgehead atoms. The van der Waals surface area contributed by atoms with Crippen LogP contribution in [0.25, 0.3) is 11.1 Å². The van der Waals surface area contributed by atoms with Crippen molar-refractivity contribution in [2.24, 2.45) is 5.92 Å². The molecule has 1 aliphatic rings. The zero-order chi connectivity index (χ0) is 13.8. The number of aliphatic hydroxyl groups excluding tert-OH is 1. The van der Waals surface area contributed by atoms with Gasteiger partial charge in [-0.2, -0.15) is 0 Å². The average Bonchev–Trinajstić information content (AvgIpc) is 2.96. The van der Waals surface area contributed by atoms with Crippen molar-refractivity contribution in [3.63, 3.8) is 0 Å². The molecule has 0 aliphatic carbocycles. The van der Waals surface area contributed by atoms with Gasteiger partial charge in [0.1, 0.15) is 0 Å². The smallest absolute Gasteiger partial charge is 0.0471 e. The lowest BCUT2D eigenvalue weighted by molar-refractivity contribution is 0.220. The molecule has 20 heavy (non-hydrogen) atoms. The number of pyridine rings is 1. The molecule has 0 radical (unpaired) electrons. The summed E-state index contributed by atoms with van der Waals surface area (Å²) in [6, 6.07) is 12.8. The van der Waals surface area contributed by atoms with E-state index in [0.717, 1.165) is 26.1 Å². The Bertz CT molecular complexity index is 556. The summed E-state index contributed by atoms with van der Waals surface area (Å²) in [7, 11) is 0. The summed E-state index contributed by atoms with van der Waals surface area (Å²) >= 11 is 0. The van der Waals surface area contributed by atoms with Gasteiger partial charge in [-0.3, -0.25) is 9.88 Å². The lowest BCUT2D eigenvalue weighted by atomic mass is 10.0. The Balaban J connectivity index is 1.72. The molecule has 2 heterocycles. The number of benzene rings is 1. The Labute approximate surface area is 119 Å². The highest BCUT2D eigenvalue weighted by Gasteiger charge is 2.21. The normalized spacial score (nSPS) is 19.4. The molecule has 3 rings (SSSR count). The molecule has 1 unspecified atom stereocenters. The van der Waals surface area contributed by atoms with Gasteiger partial charge in [0.05, 0.1) is 0 Å². The monoisotopic (exact) mass is 268 g/mol. The number of rotatable bonds is 4. The van der Waals surface area contributed by atoms with E-state index in [1.807, 2.05) is 24.5 Å². The van der Waals surface area contributed by atoms with Crippen LogP contribution in [0.15, 0.2) is 48.8 Å². The number of nitrogens with zero attached hydrogens (tertiary/aromatic N) is 2. The van der Waals surface area contributed by atoms with Gasteiger partial charge in [-0.25, -0.2) is 0 Å². The summed E-state index contributed by atoms with van der Waals surface area (Å²) in [6.45, 7) is 3.38. The molecule has 0 saturated carbocycles. The van der Waals surface area contributed by atoms with Crippen molar-refractivity contribution in [2.75, 3.05) is 19.7 Å². The van der Waals surface area contributed by atoms with Crippen LogP contribution < -0.4 is 0 Å². The summed E-state index contributed by atoms with van der Waals surface area (Å²) in [5.41, 5.74) is 3.78. The van der Waals surface area contributed by atoms with Gasteiger partial charge in [-0.05, 0) is 53.8 Å². The second-order valence-electron chi connectivity index (χ2n) is 5.51. The van der Waals surface area contributed by atoms with Crippen molar-refractivity contribution in [1.29, 1.82) is 0 Å². The Hall–Kier alpha value is -1.71. The molecule has 104 valence electrons. The lowest BCUT2D eigenvalue weighted by Crippen LogP contribution is -2.20. The van der Waals surface area contributed by atoms with Crippen molar-refractivity contribution in [2.45, 2.75) is 13.0 Å². The third-order valence-electron chi connectivity index (χ3n) is 3.97. The fourth-order valence-corrected chi connectivity index (χ4v) is 2.86. The van der Waals surface area contributed by atoms with Crippen LogP contribution in [0.2, 0.25) is 0 Å². The van der Waals surface area contributed by atoms with Crippen LogP contribution in [0, 0.1) is 5.92 Å². The molecule has 0 spiro atoms.